The zero-order valence-corrected chi connectivity index (χ0v) is 30.7. The van der Waals surface area contributed by atoms with Crippen LogP contribution in [0.2, 0.25) is 0 Å². The van der Waals surface area contributed by atoms with Gasteiger partial charge in [-0.2, -0.15) is 0 Å². The van der Waals surface area contributed by atoms with Crippen LogP contribution in [0, 0.1) is 0 Å². The summed E-state index contributed by atoms with van der Waals surface area (Å²) >= 11 is 0. The van der Waals surface area contributed by atoms with E-state index in [1.165, 1.54) is 65.0 Å². The van der Waals surface area contributed by atoms with Crippen molar-refractivity contribution in [1.29, 1.82) is 0 Å². The Kier molecular flexibility index (Phi) is 7.53. The Bertz CT molecular complexity index is 3120. The third-order valence-electron chi connectivity index (χ3n) is 11.2. The predicted molar refractivity (Wildman–Crippen MR) is 240 cm³/mol. The van der Waals surface area contributed by atoms with Crippen LogP contribution >= 0.6 is 0 Å². The minimum Gasteiger partial charge on any atom is -0.310 e. The summed E-state index contributed by atoms with van der Waals surface area (Å²) in [4.78, 5) is 4.71. The van der Waals surface area contributed by atoms with Gasteiger partial charge in [-0.15, -0.1) is 0 Å². The van der Waals surface area contributed by atoms with Crippen LogP contribution in [0.15, 0.2) is 218 Å². The van der Waals surface area contributed by atoms with Gasteiger partial charge in [0, 0.05) is 34.1 Å². The van der Waals surface area contributed by atoms with Crippen molar-refractivity contribution < 1.29 is 0 Å². The lowest BCUT2D eigenvalue weighted by atomic mass is 9.91. The summed E-state index contributed by atoms with van der Waals surface area (Å²) in [6, 6.07) is 79.5. The molecule has 2 nitrogen and oxygen atoms in total. The number of rotatable bonds is 7. The van der Waals surface area contributed by atoms with Crippen LogP contribution in [0.1, 0.15) is 0 Å². The first-order valence-electron chi connectivity index (χ1n) is 19.2. The average molecular weight is 713 g/mol. The number of nitrogens with zero attached hydrogens (tertiary/aromatic N) is 2. The van der Waals surface area contributed by atoms with E-state index in [4.69, 9.17) is 0 Å². The van der Waals surface area contributed by atoms with Crippen molar-refractivity contribution in [2.24, 2.45) is 0 Å². The number of hydrogen-bond acceptors (Lipinski definition) is 2. The summed E-state index contributed by atoms with van der Waals surface area (Å²) in [6.45, 7) is 0. The molecule has 56 heavy (non-hydrogen) atoms. The Balaban J connectivity index is 0.984. The minimum atomic E-state index is 1.12. The number of para-hydroxylation sites is 2. The number of anilines is 6. The first kappa shape index (κ1) is 32.0. The fourth-order valence-electron chi connectivity index (χ4n) is 8.60. The molecule has 262 valence electrons. The molecule has 0 heterocycles. The highest BCUT2D eigenvalue weighted by atomic mass is 15.1. The van der Waals surface area contributed by atoms with E-state index in [2.05, 4.69) is 228 Å². The zero-order valence-electron chi connectivity index (χ0n) is 30.7. The maximum Gasteiger partial charge on any atom is 0.0473 e. The molecule has 0 aliphatic heterocycles. The molecule has 2 heteroatoms. The second-order valence-electron chi connectivity index (χ2n) is 14.6. The van der Waals surface area contributed by atoms with E-state index < -0.39 is 0 Å². The normalized spacial score (nSPS) is 11.6. The average Bonchev–Trinajstić information content (AvgIpc) is 3.26. The Morgan fingerprint density at radius 1 is 0.196 bits per heavy atom. The van der Waals surface area contributed by atoms with Gasteiger partial charge in [-0.25, -0.2) is 0 Å². The maximum absolute atomic E-state index is 2.38. The molecule has 0 aromatic heterocycles. The van der Waals surface area contributed by atoms with Crippen LogP contribution in [0.4, 0.5) is 34.1 Å². The lowest BCUT2D eigenvalue weighted by Crippen LogP contribution is -2.10. The fourth-order valence-corrected chi connectivity index (χ4v) is 8.60. The smallest absolute Gasteiger partial charge is 0.0473 e. The molecule has 11 aromatic carbocycles. The molecule has 0 amide bonds. The van der Waals surface area contributed by atoms with E-state index in [1.54, 1.807) is 0 Å². The largest absolute Gasteiger partial charge is 0.310 e. The summed E-state index contributed by atoms with van der Waals surface area (Å²) < 4.78 is 0. The SMILES string of the molecule is c1ccc(N(c2ccc(-c3cc4ccc5cc(N(c6ccccc6)c6ccc7ccccc7c6)cc6ccc(c3)c4c56)cc2)c2ccc3ccccc3c2)cc1. The van der Waals surface area contributed by atoms with Gasteiger partial charge in [0.1, 0.15) is 0 Å². The van der Waals surface area contributed by atoms with Crippen LogP contribution in [0.25, 0.3) is 65.0 Å². The quantitative estimate of drug-likeness (QED) is 0.152. The van der Waals surface area contributed by atoms with Gasteiger partial charge in [-0.05, 0) is 150 Å². The molecular formula is C54H36N2. The lowest BCUT2D eigenvalue weighted by molar-refractivity contribution is 1.29. The molecule has 0 N–H and O–H groups in total. The van der Waals surface area contributed by atoms with E-state index in [0.29, 0.717) is 0 Å². The second kappa shape index (κ2) is 13.2. The van der Waals surface area contributed by atoms with E-state index in [1.807, 2.05) is 0 Å². The van der Waals surface area contributed by atoms with Crippen molar-refractivity contribution in [2.45, 2.75) is 0 Å². The topological polar surface area (TPSA) is 6.48 Å². The Morgan fingerprint density at radius 2 is 0.536 bits per heavy atom. The Morgan fingerprint density at radius 3 is 1.02 bits per heavy atom. The van der Waals surface area contributed by atoms with Crippen LogP contribution in [0.5, 0.6) is 0 Å². The van der Waals surface area contributed by atoms with Gasteiger partial charge in [0.25, 0.3) is 0 Å². The standard InChI is InChI=1S/C54H36N2/c1-3-15-47(16-4-1)55(50-29-25-37-11-7-9-13-40(37)33-50)49-27-23-39(24-28-49)46-31-42-19-21-44-35-52(36-45-22-20-43(32-46)53(42)54(44)45)56(48-17-5-2-6-18-48)51-30-26-38-12-8-10-14-41(38)34-51/h1-36H. The molecule has 0 saturated heterocycles. The molecule has 0 bridgehead atoms. The summed E-state index contributed by atoms with van der Waals surface area (Å²) in [5, 5.41) is 12.6. The number of benzene rings is 11. The van der Waals surface area contributed by atoms with Gasteiger partial charge in [0.05, 0.1) is 0 Å². The molecule has 0 aliphatic carbocycles. The first-order chi connectivity index (χ1) is 27.7. The van der Waals surface area contributed by atoms with E-state index in [0.717, 1.165) is 34.1 Å². The van der Waals surface area contributed by atoms with Crippen LogP contribution in [0.3, 0.4) is 0 Å². The van der Waals surface area contributed by atoms with Crippen molar-refractivity contribution in [3.8, 4) is 11.1 Å². The third kappa shape index (κ3) is 5.51. The Hall–Kier alpha value is -7.42. The highest BCUT2D eigenvalue weighted by Gasteiger charge is 2.18. The Labute approximate surface area is 326 Å². The van der Waals surface area contributed by atoms with Gasteiger partial charge >= 0.3 is 0 Å². The number of hydrogen-bond donors (Lipinski definition) is 0. The zero-order chi connectivity index (χ0) is 37.0. The molecule has 0 fully saturated rings. The van der Waals surface area contributed by atoms with E-state index in [-0.39, 0.29) is 0 Å². The molecule has 0 radical (unpaired) electrons. The van der Waals surface area contributed by atoms with Crippen LogP contribution in [-0.2, 0) is 0 Å². The molecular weight excluding hydrogens is 677 g/mol. The van der Waals surface area contributed by atoms with E-state index >= 15 is 0 Å². The highest BCUT2D eigenvalue weighted by molar-refractivity contribution is 6.24. The summed E-state index contributed by atoms with van der Waals surface area (Å²) in [7, 11) is 0. The predicted octanol–water partition coefficient (Wildman–Crippen LogP) is 15.5. The van der Waals surface area contributed by atoms with Gasteiger partial charge in [0.15, 0.2) is 0 Å². The lowest BCUT2D eigenvalue weighted by Gasteiger charge is -2.27. The monoisotopic (exact) mass is 712 g/mol. The molecule has 0 unspecified atom stereocenters. The molecule has 0 spiro atoms. The van der Waals surface area contributed by atoms with Crippen molar-refractivity contribution in [3.05, 3.63) is 218 Å². The van der Waals surface area contributed by atoms with Crippen molar-refractivity contribution in [1.82, 2.24) is 0 Å². The number of fused-ring (bicyclic) bond motifs is 2. The van der Waals surface area contributed by atoms with Crippen LogP contribution in [-0.4, -0.2) is 0 Å². The molecule has 0 aliphatic rings. The minimum absolute atomic E-state index is 1.12. The van der Waals surface area contributed by atoms with Crippen molar-refractivity contribution in [2.75, 3.05) is 9.80 Å². The highest BCUT2D eigenvalue weighted by Crippen LogP contribution is 2.43. The van der Waals surface area contributed by atoms with Gasteiger partial charge < -0.3 is 9.80 Å². The third-order valence-corrected chi connectivity index (χ3v) is 11.2. The van der Waals surface area contributed by atoms with Crippen molar-refractivity contribution >= 4 is 88.0 Å². The molecule has 11 rings (SSSR count). The summed E-state index contributed by atoms with van der Waals surface area (Å²) in [5.74, 6) is 0. The summed E-state index contributed by atoms with van der Waals surface area (Å²) in [6.07, 6.45) is 0. The molecule has 11 aromatic rings. The van der Waals surface area contributed by atoms with Gasteiger partial charge in [-0.1, -0.05) is 133 Å². The van der Waals surface area contributed by atoms with Gasteiger partial charge in [0.2, 0.25) is 0 Å². The second-order valence-corrected chi connectivity index (χ2v) is 14.6. The summed E-state index contributed by atoms with van der Waals surface area (Å²) in [5.41, 5.74) is 9.22. The van der Waals surface area contributed by atoms with Crippen LogP contribution < -0.4 is 9.80 Å². The van der Waals surface area contributed by atoms with E-state index in [9.17, 15) is 0 Å². The first-order valence-corrected chi connectivity index (χ1v) is 19.2. The molecule has 0 atom stereocenters. The maximum atomic E-state index is 2.38. The van der Waals surface area contributed by atoms with Gasteiger partial charge in [-0.3, -0.25) is 0 Å². The fraction of sp³-hybridized carbons (Fsp3) is 0. The molecule has 0 saturated carbocycles. The van der Waals surface area contributed by atoms with Crippen molar-refractivity contribution in [3.63, 3.8) is 0 Å².